The number of rotatable bonds is 4. The molecule has 1 heterocycles. The molecule has 0 spiro atoms. The summed E-state index contributed by atoms with van der Waals surface area (Å²) in [5, 5.41) is 2.06. The molecule has 0 aliphatic heterocycles. The Bertz CT molecular complexity index is 625. The Balaban J connectivity index is 2.15. The summed E-state index contributed by atoms with van der Waals surface area (Å²) in [6.45, 7) is 1.21. The Labute approximate surface area is 124 Å². The molecular formula is C16H18N2OS. The first-order chi connectivity index (χ1) is 9.74. The molecule has 2 aromatic rings. The van der Waals surface area contributed by atoms with E-state index in [0.717, 1.165) is 23.5 Å². The molecule has 0 fully saturated rings. The first kappa shape index (κ1) is 14.4. The van der Waals surface area contributed by atoms with Crippen LogP contribution >= 0.6 is 11.3 Å². The van der Waals surface area contributed by atoms with Crippen molar-refractivity contribution in [2.24, 2.45) is 5.73 Å². The lowest BCUT2D eigenvalue weighted by molar-refractivity contribution is 0.415. The average Bonchev–Trinajstić information content (AvgIpc) is 2.92. The van der Waals surface area contributed by atoms with E-state index in [2.05, 4.69) is 35.2 Å². The Morgan fingerprint density at radius 1 is 1.35 bits per heavy atom. The number of ether oxygens (including phenoxy) is 1. The van der Waals surface area contributed by atoms with Crippen LogP contribution in [-0.2, 0) is 6.54 Å². The van der Waals surface area contributed by atoms with Gasteiger partial charge in [-0.1, -0.05) is 17.9 Å². The van der Waals surface area contributed by atoms with Crippen LogP contribution in [0.2, 0.25) is 0 Å². The molecule has 2 N–H and O–H groups in total. The lowest BCUT2D eigenvalue weighted by Gasteiger charge is -2.19. The van der Waals surface area contributed by atoms with Crippen LogP contribution in [0.5, 0.6) is 5.75 Å². The third-order valence-corrected chi connectivity index (χ3v) is 3.85. The number of hydrogen-bond acceptors (Lipinski definition) is 4. The lowest BCUT2D eigenvalue weighted by Crippen LogP contribution is -2.16. The minimum Gasteiger partial charge on any atom is -0.497 e. The molecule has 4 heteroatoms. The predicted molar refractivity (Wildman–Crippen MR) is 85.4 cm³/mol. The molecular weight excluding hydrogens is 268 g/mol. The van der Waals surface area contributed by atoms with E-state index in [9.17, 15) is 0 Å². The van der Waals surface area contributed by atoms with Gasteiger partial charge >= 0.3 is 0 Å². The molecule has 0 radical (unpaired) electrons. The van der Waals surface area contributed by atoms with Gasteiger partial charge in [-0.3, -0.25) is 0 Å². The number of thiophene rings is 1. The summed E-state index contributed by atoms with van der Waals surface area (Å²) in [6.07, 6.45) is 0. The monoisotopic (exact) mass is 286 g/mol. The van der Waals surface area contributed by atoms with Crippen LogP contribution in [0.4, 0.5) is 5.69 Å². The summed E-state index contributed by atoms with van der Waals surface area (Å²) in [4.78, 5) is 3.43. The molecule has 0 unspecified atom stereocenters. The molecule has 0 amide bonds. The molecule has 1 aromatic heterocycles. The van der Waals surface area contributed by atoms with Gasteiger partial charge in [0.15, 0.2) is 0 Å². The summed E-state index contributed by atoms with van der Waals surface area (Å²) in [7, 11) is 3.74. The Morgan fingerprint density at radius 3 is 2.95 bits per heavy atom. The van der Waals surface area contributed by atoms with E-state index in [1.165, 1.54) is 4.88 Å². The smallest absolute Gasteiger partial charge is 0.120 e. The van der Waals surface area contributed by atoms with Crippen molar-refractivity contribution in [2.75, 3.05) is 25.6 Å². The summed E-state index contributed by atoms with van der Waals surface area (Å²) in [5.41, 5.74) is 7.61. The maximum atomic E-state index is 5.42. The molecule has 0 atom stereocenters. The minimum absolute atomic E-state index is 0.390. The van der Waals surface area contributed by atoms with Crippen molar-refractivity contribution in [3.05, 3.63) is 46.2 Å². The highest BCUT2D eigenvalue weighted by atomic mass is 32.1. The van der Waals surface area contributed by atoms with E-state index in [1.807, 2.05) is 24.3 Å². The first-order valence-electron chi connectivity index (χ1n) is 6.35. The van der Waals surface area contributed by atoms with Crippen LogP contribution in [0.25, 0.3) is 0 Å². The highest BCUT2D eigenvalue weighted by molar-refractivity contribution is 7.10. The highest BCUT2D eigenvalue weighted by Crippen LogP contribution is 2.24. The SMILES string of the molecule is COc1cccc(N(C)Cc2sccc2C#CCN)c1. The molecule has 0 aliphatic carbocycles. The van der Waals surface area contributed by atoms with Gasteiger partial charge in [-0.25, -0.2) is 0 Å². The van der Waals surface area contributed by atoms with Crippen LogP contribution in [-0.4, -0.2) is 20.7 Å². The van der Waals surface area contributed by atoms with Crippen molar-refractivity contribution in [3.63, 3.8) is 0 Å². The topological polar surface area (TPSA) is 38.5 Å². The van der Waals surface area contributed by atoms with E-state index >= 15 is 0 Å². The van der Waals surface area contributed by atoms with Gasteiger partial charge in [0.25, 0.3) is 0 Å². The Morgan fingerprint density at radius 2 is 2.20 bits per heavy atom. The third-order valence-electron chi connectivity index (χ3n) is 2.95. The Hall–Kier alpha value is -1.96. The second-order valence-electron chi connectivity index (χ2n) is 4.32. The van der Waals surface area contributed by atoms with E-state index in [1.54, 1.807) is 18.4 Å². The fourth-order valence-corrected chi connectivity index (χ4v) is 2.76. The summed E-state index contributed by atoms with van der Waals surface area (Å²) in [5.74, 6) is 6.89. The van der Waals surface area contributed by atoms with Crippen LogP contribution in [0, 0.1) is 11.8 Å². The highest BCUT2D eigenvalue weighted by Gasteiger charge is 2.07. The van der Waals surface area contributed by atoms with Crippen molar-refractivity contribution in [3.8, 4) is 17.6 Å². The number of methoxy groups -OCH3 is 1. The van der Waals surface area contributed by atoms with Gasteiger partial charge in [-0.2, -0.15) is 0 Å². The van der Waals surface area contributed by atoms with Crippen molar-refractivity contribution in [2.45, 2.75) is 6.54 Å². The van der Waals surface area contributed by atoms with Crippen molar-refractivity contribution >= 4 is 17.0 Å². The largest absolute Gasteiger partial charge is 0.497 e. The zero-order valence-electron chi connectivity index (χ0n) is 11.7. The molecule has 0 saturated carbocycles. The molecule has 3 nitrogen and oxygen atoms in total. The maximum absolute atomic E-state index is 5.42. The van der Waals surface area contributed by atoms with Crippen LogP contribution in [0.3, 0.4) is 0 Å². The van der Waals surface area contributed by atoms with Crippen LogP contribution < -0.4 is 15.4 Å². The summed E-state index contributed by atoms with van der Waals surface area (Å²) >= 11 is 1.72. The average molecular weight is 286 g/mol. The molecule has 1 aromatic carbocycles. The van der Waals surface area contributed by atoms with E-state index < -0.39 is 0 Å². The second kappa shape index (κ2) is 6.99. The molecule has 2 rings (SSSR count). The molecule has 0 bridgehead atoms. The van der Waals surface area contributed by atoms with Crippen molar-refractivity contribution < 1.29 is 4.74 Å². The lowest BCUT2D eigenvalue weighted by atomic mass is 10.2. The van der Waals surface area contributed by atoms with Crippen LogP contribution in [0.15, 0.2) is 35.7 Å². The molecule has 0 saturated heterocycles. The van der Waals surface area contributed by atoms with Crippen molar-refractivity contribution in [1.82, 2.24) is 0 Å². The van der Waals surface area contributed by atoms with Crippen LogP contribution in [0.1, 0.15) is 10.4 Å². The number of nitrogens with zero attached hydrogens (tertiary/aromatic N) is 1. The predicted octanol–water partition coefficient (Wildman–Crippen LogP) is 2.70. The van der Waals surface area contributed by atoms with E-state index in [0.29, 0.717) is 6.54 Å². The first-order valence-corrected chi connectivity index (χ1v) is 7.23. The normalized spacial score (nSPS) is 9.75. The summed E-state index contributed by atoms with van der Waals surface area (Å²) < 4.78 is 5.26. The molecule has 104 valence electrons. The maximum Gasteiger partial charge on any atom is 0.120 e. The van der Waals surface area contributed by atoms with Gasteiger partial charge in [0.05, 0.1) is 20.2 Å². The zero-order chi connectivity index (χ0) is 14.4. The summed E-state index contributed by atoms with van der Waals surface area (Å²) in [6, 6.07) is 10.1. The third kappa shape index (κ3) is 3.53. The van der Waals surface area contributed by atoms with Gasteiger partial charge < -0.3 is 15.4 Å². The second-order valence-corrected chi connectivity index (χ2v) is 5.32. The Kier molecular flexibility index (Phi) is 5.05. The standard InChI is InChI=1S/C16H18N2OS/c1-18(14-6-3-7-15(11-14)19-2)12-16-13(5-4-9-17)8-10-20-16/h3,6-8,10-11H,9,12,17H2,1-2H3. The van der Waals surface area contributed by atoms with Gasteiger partial charge in [0.1, 0.15) is 5.75 Å². The number of anilines is 1. The van der Waals surface area contributed by atoms with Gasteiger partial charge in [0, 0.05) is 29.2 Å². The fourth-order valence-electron chi connectivity index (χ4n) is 1.88. The number of hydrogen-bond donors (Lipinski definition) is 1. The fraction of sp³-hybridized carbons (Fsp3) is 0.250. The quantitative estimate of drug-likeness (QED) is 0.878. The van der Waals surface area contributed by atoms with Gasteiger partial charge in [-0.05, 0) is 23.6 Å². The molecule has 20 heavy (non-hydrogen) atoms. The van der Waals surface area contributed by atoms with Gasteiger partial charge in [0.2, 0.25) is 0 Å². The van der Waals surface area contributed by atoms with E-state index in [-0.39, 0.29) is 0 Å². The zero-order valence-corrected chi connectivity index (χ0v) is 12.5. The van der Waals surface area contributed by atoms with Gasteiger partial charge in [-0.15, -0.1) is 11.3 Å². The van der Waals surface area contributed by atoms with E-state index in [4.69, 9.17) is 10.5 Å². The minimum atomic E-state index is 0.390. The van der Waals surface area contributed by atoms with Crippen molar-refractivity contribution in [1.29, 1.82) is 0 Å². The number of benzene rings is 1. The molecule has 0 aliphatic rings. The number of nitrogens with two attached hydrogens (primary N) is 1.